The molecule has 0 aliphatic heterocycles. The zero-order valence-electron chi connectivity index (χ0n) is 13.7. The van der Waals surface area contributed by atoms with Gasteiger partial charge in [-0.25, -0.2) is 0 Å². The van der Waals surface area contributed by atoms with Gasteiger partial charge in [0.2, 0.25) is 5.91 Å². The van der Waals surface area contributed by atoms with E-state index in [1.165, 1.54) is 18.2 Å². The summed E-state index contributed by atoms with van der Waals surface area (Å²) < 4.78 is 10.4. The summed E-state index contributed by atoms with van der Waals surface area (Å²) in [6, 6.07) is 9.34. The number of hydrogen-bond donors (Lipinski definition) is 1. The van der Waals surface area contributed by atoms with E-state index in [0.29, 0.717) is 23.6 Å². The molecule has 0 unspecified atom stereocenters. The van der Waals surface area contributed by atoms with Crippen molar-refractivity contribution in [1.29, 1.82) is 0 Å². The monoisotopic (exact) mass is 364 g/mol. The molecule has 8 heteroatoms. The maximum Gasteiger partial charge on any atom is 0.271 e. The molecule has 0 atom stereocenters. The molecule has 2 aromatic carbocycles. The van der Waals surface area contributed by atoms with E-state index in [1.807, 2.05) is 12.1 Å². The van der Waals surface area contributed by atoms with Crippen molar-refractivity contribution >= 4 is 28.9 Å². The number of hydrogen-bond acceptors (Lipinski definition) is 5. The van der Waals surface area contributed by atoms with Gasteiger partial charge in [-0.15, -0.1) is 0 Å². The molecule has 0 fully saturated rings. The minimum Gasteiger partial charge on any atom is -0.493 e. The van der Waals surface area contributed by atoms with Crippen LogP contribution in [0.4, 0.5) is 11.4 Å². The lowest BCUT2D eigenvalue weighted by Crippen LogP contribution is -2.12. The van der Waals surface area contributed by atoms with Crippen molar-refractivity contribution in [2.45, 2.75) is 12.8 Å². The molecular formula is C17H17ClN2O5. The summed E-state index contributed by atoms with van der Waals surface area (Å²) in [4.78, 5) is 22.2. The third-order valence-electron chi connectivity index (χ3n) is 3.53. The Bertz CT molecular complexity index is 795. The van der Waals surface area contributed by atoms with Gasteiger partial charge in [0.1, 0.15) is 0 Å². The van der Waals surface area contributed by atoms with Gasteiger partial charge in [0.15, 0.2) is 11.5 Å². The molecule has 1 amide bonds. The number of nitro groups is 1. The number of carbonyl (C=O) groups is 1. The van der Waals surface area contributed by atoms with Gasteiger partial charge < -0.3 is 14.8 Å². The second-order valence-corrected chi connectivity index (χ2v) is 5.57. The molecule has 0 saturated heterocycles. The summed E-state index contributed by atoms with van der Waals surface area (Å²) in [5.74, 6) is 0.970. The van der Waals surface area contributed by atoms with Crippen LogP contribution in [0.5, 0.6) is 11.5 Å². The number of methoxy groups -OCH3 is 2. The lowest BCUT2D eigenvalue weighted by Gasteiger charge is -2.10. The molecule has 0 aliphatic carbocycles. The number of anilines is 1. The first kappa shape index (κ1) is 18.5. The van der Waals surface area contributed by atoms with Crippen LogP contribution in [-0.4, -0.2) is 25.1 Å². The predicted octanol–water partition coefficient (Wildman–Crippen LogP) is 3.84. The van der Waals surface area contributed by atoms with Gasteiger partial charge in [0.05, 0.1) is 29.9 Å². The van der Waals surface area contributed by atoms with Crippen LogP contribution in [0.1, 0.15) is 12.0 Å². The largest absolute Gasteiger partial charge is 0.493 e. The first-order valence-electron chi connectivity index (χ1n) is 7.39. The maximum absolute atomic E-state index is 12.1. The van der Waals surface area contributed by atoms with Crippen molar-refractivity contribution < 1.29 is 19.2 Å². The number of non-ortho nitro benzene ring substituents is 1. The first-order chi connectivity index (χ1) is 11.9. The van der Waals surface area contributed by atoms with Crippen molar-refractivity contribution in [1.82, 2.24) is 0 Å². The molecule has 0 saturated carbocycles. The van der Waals surface area contributed by atoms with Crippen molar-refractivity contribution in [3.63, 3.8) is 0 Å². The molecule has 0 radical (unpaired) electrons. The van der Waals surface area contributed by atoms with E-state index >= 15 is 0 Å². The van der Waals surface area contributed by atoms with Crippen molar-refractivity contribution in [2.75, 3.05) is 19.5 Å². The third kappa shape index (κ3) is 4.84. The Morgan fingerprint density at radius 1 is 1.16 bits per heavy atom. The number of nitrogens with zero attached hydrogens (tertiary/aromatic N) is 1. The SMILES string of the molecule is COc1ccc(CCC(=O)Nc2ccc([N+](=O)[O-])cc2Cl)cc1OC. The lowest BCUT2D eigenvalue weighted by molar-refractivity contribution is -0.384. The highest BCUT2D eigenvalue weighted by Crippen LogP contribution is 2.29. The van der Waals surface area contributed by atoms with Crippen molar-refractivity contribution in [3.05, 3.63) is 57.1 Å². The second kappa shape index (κ2) is 8.34. The van der Waals surface area contributed by atoms with Crippen LogP contribution in [0, 0.1) is 10.1 Å². The third-order valence-corrected chi connectivity index (χ3v) is 3.84. The predicted molar refractivity (Wildman–Crippen MR) is 94.6 cm³/mol. The van der Waals surface area contributed by atoms with Crippen LogP contribution >= 0.6 is 11.6 Å². The van der Waals surface area contributed by atoms with Gasteiger partial charge in [-0.1, -0.05) is 17.7 Å². The van der Waals surface area contributed by atoms with Gasteiger partial charge >= 0.3 is 0 Å². The van der Waals surface area contributed by atoms with E-state index in [2.05, 4.69) is 5.32 Å². The Balaban J connectivity index is 1.98. The molecule has 1 N–H and O–H groups in total. The topological polar surface area (TPSA) is 90.7 Å². The molecule has 0 heterocycles. The lowest BCUT2D eigenvalue weighted by atomic mass is 10.1. The number of nitrogens with one attached hydrogen (secondary N) is 1. The summed E-state index contributed by atoms with van der Waals surface area (Å²) in [7, 11) is 3.10. The molecule has 0 aliphatic rings. The van der Waals surface area contributed by atoms with Crippen LogP contribution in [0.2, 0.25) is 5.02 Å². The number of rotatable bonds is 7. The molecule has 0 bridgehead atoms. The highest BCUT2D eigenvalue weighted by Gasteiger charge is 2.12. The van der Waals surface area contributed by atoms with Gasteiger partial charge in [0, 0.05) is 18.6 Å². The van der Waals surface area contributed by atoms with E-state index < -0.39 is 4.92 Å². The Labute approximate surface area is 149 Å². The minimum absolute atomic E-state index is 0.119. The quantitative estimate of drug-likeness (QED) is 0.595. The average molecular weight is 365 g/mol. The number of nitro benzene ring substituents is 1. The number of benzene rings is 2. The standard InChI is InChI=1S/C17H17ClN2O5/c1-24-15-7-3-11(9-16(15)25-2)4-8-17(21)19-14-6-5-12(20(22)23)10-13(14)18/h3,5-7,9-10H,4,8H2,1-2H3,(H,19,21). The normalized spacial score (nSPS) is 10.2. The number of carbonyl (C=O) groups excluding carboxylic acids is 1. The fourth-order valence-electron chi connectivity index (χ4n) is 2.23. The van der Waals surface area contributed by atoms with Crippen molar-refractivity contribution in [2.24, 2.45) is 0 Å². The summed E-state index contributed by atoms with van der Waals surface area (Å²) in [6.45, 7) is 0. The first-order valence-corrected chi connectivity index (χ1v) is 7.77. The molecule has 132 valence electrons. The van der Waals surface area contributed by atoms with Crippen LogP contribution in [-0.2, 0) is 11.2 Å². The second-order valence-electron chi connectivity index (χ2n) is 5.16. The van der Waals surface area contributed by atoms with Gasteiger partial charge in [-0.3, -0.25) is 14.9 Å². The highest BCUT2D eigenvalue weighted by atomic mass is 35.5. The van der Waals surface area contributed by atoms with Crippen LogP contribution in [0.3, 0.4) is 0 Å². The zero-order valence-corrected chi connectivity index (χ0v) is 14.5. The van der Waals surface area contributed by atoms with Gasteiger partial charge in [0.25, 0.3) is 5.69 Å². The van der Waals surface area contributed by atoms with Gasteiger partial charge in [-0.05, 0) is 30.2 Å². The summed E-state index contributed by atoms with van der Waals surface area (Å²) >= 11 is 5.96. The van der Waals surface area contributed by atoms with Crippen LogP contribution < -0.4 is 14.8 Å². The average Bonchev–Trinajstić information content (AvgIpc) is 2.61. The number of amides is 1. The van der Waals surface area contributed by atoms with Crippen molar-refractivity contribution in [3.8, 4) is 11.5 Å². The molecule has 2 aromatic rings. The molecular weight excluding hydrogens is 348 g/mol. The number of halogens is 1. The summed E-state index contributed by atoms with van der Waals surface area (Å²) in [6.07, 6.45) is 0.722. The molecule has 7 nitrogen and oxygen atoms in total. The van der Waals surface area contributed by atoms with E-state index in [-0.39, 0.29) is 23.0 Å². The van der Waals surface area contributed by atoms with E-state index in [4.69, 9.17) is 21.1 Å². The Hall–Kier alpha value is -2.80. The van der Waals surface area contributed by atoms with E-state index in [0.717, 1.165) is 5.56 Å². The Morgan fingerprint density at radius 3 is 2.48 bits per heavy atom. The van der Waals surface area contributed by atoms with Gasteiger partial charge in [-0.2, -0.15) is 0 Å². The van der Waals surface area contributed by atoms with Crippen LogP contribution in [0.15, 0.2) is 36.4 Å². The smallest absolute Gasteiger partial charge is 0.271 e. The van der Waals surface area contributed by atoms with E-state index in [1.54, 1.807) is 20.3 Å². The molecule has 25 heavy (non-hydrogen) atoms. The van der Waals surface area contributed by atoms with E-state index in [9.17, 15) is 14.9 Å². The minimum atomic E-state index is -0.547. The maximum atomic E-state index is 12.1. The Morgan fingerprint density at radius 2 is 1.88 bits per heavy atom. The fourth-order valence-corrected chi connectivity index (χ4v) is 2.45. The zero-order chi connectivity index (χ0) is 18.4. The summed E-state index contributed by atoms with van der Waals surface area (Å²) in [5, 5.41) is 13.5. The summed E-state index contributed by atoms with van der Waals surface area (Å²) in [5.41, 5.74) is 1.13. The fraction of sp³-hybridized carbons (Fsp3) is 0.235. The van der Waals surface area contributed by atoms with Crippen LogP contribution in [0.25, 0.3) is 0 Å². The molecule has 2 rings (SSSR count). The highest BCUT2D eigenvalue weighted by molar-refractivity contribution is 6.33. The number of aryl methyl sites for hydroxylation is 1. The molecule has 0 aromatic heterocycles. The number of ether oxygens (including phenoxy) is 2. The Kier molecular flexibility index (Phi) is 6.19. The molecule has 0 spiro atoms.